The van der Waals surface area contributed by atoms with Gasteiger partial charge in [0, 0.05) is 6.42 Å². The van der Waals surface area contributed by atoms with Crippen LogP contribution in [-0.4, -0.2) is 17.0 Å². The fraction of sp³-hybridized carbons (Fsp3) is 0.850. The van der Waals surface area contributed by atoms with Crippen LogP contribution in [0.4, 0.5) is 0 Å². The molecule has 0 aromatic carbocycles. The Morgan fingerprint density at radius 1 is 1.14 bits per heavy atom. The number of aliphatic hydroxyl groups is 1. The summed E-state index contributed by atoms with van der Waals surface area (Å²) in [6.07, 6.45) is 9.27. The van der Waals surface area contributed by atoms with Gasteiger partial charge in [-0.1, -0.05) is 26.3 Å². The van der Waals surface area contributed by atoms with E-state index in [0.29, 0.717) is 29.6 Å². The quantitative estimate of drug-likeness (QED) is 0.730. The second kappa shape index (κ2) is 4.69. The number of fused-ring (bicyclic) bond motifs is 5. The van der Waals surface area contributed by atoms with Crippen LogP contribution >= 0.6 is 0 Å². The fourth-order valence-corrected chi connectivity index (χ4v) is 6.79. The van der Waals surface area contributed by atoms with Crippen molar-refractivity contribution < 1.29 is 9.90 Å². The molecular weight excluding hydrogens is 272 g/mol. The van der Waals surface area contributed by atoms with E-state index < -0.39 is 0 Å². The van der Waals surface area contributed by atoms with Crippen molar-refractivity contribution in [2.45, 2.75) is 71.8 Å². The van der Waals surface area contributed by atoms with Crippen molar-refractivity contribution in [1.29, 1.82) is 0 Å². The Balaban J connectivity index is 1.74. The number of carbonyl (C=O) groups is 1. The van der Waals surface area contributed by atoms with E-state index in [-0.39, 0.29) is 17.3 Å². The van der Waals surface area contributed by atoms with Crippen LogP contribution in [0.2, 0.25) is 0 Å². The first kappa shape index (κ1) is 14.9. The van der Waals surface area contributed by atoms with Gasteiger partial charge in [-0.25, -0.2) is 0 Å². The van der Waals surface area contributed by atoms with Crippen LogP contribution in [0.5, 0.6) is 0 Å². The average Bonchev–Trinajstić information content (AvgIpc) is 2.77. The molecule has 0 heterocycles. The van der Waals surface area contributed by atoms with Crippen LogP contribution in [0.3, 0.4) is 0 Å². The van der Waals surface area contributed by atoms with Gasteiger partial charge in [0.15, 0.2) is 5.78 Å². The lowest BCUT2D eigenvalue weighted by atomic mass is 9.46. The van der Waals surface area contributed by atoms with Gasteiger partial charge in [0.1, 0.15) is 0 Å². The first-order valence-corrected chi connectivity index (χ1v) is 9.28. The summed E-state index contributed by atoms with van der Waals surface area (Å²) in [4.78, 5) is 11.8. The summed E-state index contributed by atoms with van der Waals surface area (Å²) in [6.45, 7) is 7.29. The Kier molecular flexibility index (Phi) is 3.18. The predicted octanol–water partition coefficient (Wildman–Crippen LogP) is 4.13. The average molecular weight is 302 g/mol. The Morgan fingerprint density at radius 3 is 2.68 bits per heavy atom. The van der Waals surface area contributed by atoms with E-state index in [4.69, 9.17) is 0 Å². The van der Waals surface area contributed by atoms with Crippen molar-refractivity contribution in [3.05, 3.63) is 11.6 Å². The minimum atomic E-state index is -0.231. The minimum absolute atomic E-state index is 0.172. The van der Waals surface area contributed by atoms with Crippen molar-refractivity contribution in [3.63, 3.8) is 0 Å². The van der Waals surface area contributed by atoms with Gasteiger partial charge in [0.05, 0.1) is 6.10 Å². The molecule has 0 spiro atoms. The molecule has 0 aromatic rings. The van der Waals surface area contributed by atoms with Gasteiger partial charge in [-0.3, -0.25) is 4.79 Å². The van der Waals surface area contributed by atoms with E-state index in [1.54, 1.807) is 0 Å². The summed E-state index contributed by atoms with van der Waals surface area (Å²) >= 11 is 0. The van der Waals surface area contributed by atoms with Crippen molar-refractivity contribution >= 4 is 5.78 Å². The zero-order valence-electron chi connectivity index (χ0n) is 14.3. The molecule has 4 aliphatic carbocycles. The molecule has 4 aliphatic rings. The summed E-state index contributed by atoms with van der Waals surface area (Å²) in [6, 6.07) is 0. The molecule has 7 atom stereocenters. The third kappa shape index (κ3) is 1.79. The maximum Gasteiger partial charge on any atom is 0.155 e. The molecule has 0 bridgehead atoms. The molecule has 22 heavy (non-hydrogen) atoms. The van der Waals surface area contributed by atoms with Gasteiger partial charge in [0.25, 0.3) is 0 Å². The monoisotopic (exact) mass is 302 g/mol. The third-order valence-corrected chi connectivity index (χ3v) is 8.46. The second-order valence-electron chi connectivity index (χ2n) is 9.14. The molecule has 0 aliphatic heterocycles. The highest BCUT2D eigenvalue weighted by Crippen LogP contribution is 2.66. The van der Waals surface area contributed by atoms with E-state index >= 15 is 0 Å². The van der Waals surface area contributed by atoms with Crippen LogP contribution in [0.15, 0.2) is 11.6 Å². The fourth-order valence-electron chi connectivity index (χ4n) is 6.79. The molecule has 3 fully saturated rings. The Labute approximate surface area is 134 Å². The van der Waals surface area contributed by atoms with Crippen LogP contribution in [0.1, 0.15) is 65.7 Å². The predicted molar refractivity (Wildman–Crippen MR) is 87.3 cm³/mol. The van der Waals surface area contributed by atoms with Gasteiger partial charge < -0.3 is 5.11 Å². The second-order valence-corrected chi connectivity index (χ2v) is 9.14. The molecule has 0 aromatic heterocycles. The molecule has 1 N–H and O–H groups in total. The first-order valence-electron chi connectivity index (χ1n) is 9.28. The van der Waals surface area contributed by atoms with E-state index in [0.717, 1.165) is 18.8 Å². The number of carbonyl (C=O) groups excluding carboxylic acids is 1. The molecule has 3 saturated carbocycles. The van der Waals surface area contributed by atoms with Crippen LogP contribution in [0, 0.1) is 34.5 Å². The highest BCUT2D eigenvalue weighted by molar-refractivity contribution is 5.91. The number of aliphatic hydroxyl groups excluding tert-OH is 1. The highest BCUT2D eigenvalue weighted by Gasteiger charge is 2.60. The van der Waals surface area contributed by atoms with Crippen LogP contribution in [0.25, 0.3) is 0 Å². The van der Waals surface area contributed by atoms with Gasteiger partial charge >= 0.3 is 0 Å². The summed E-state index contributed by atoms with van der Waals surface area (Å²) in [5.74, 6) is 2.79. The first-order chi connectivity index (χ1) is 10.4. The van der Waals surface area contributed by atoms with Gasteiger partial charge in [-0.15, -0.1) is 0 Å². The SMILES string of the molecule is CC1CCC2C3C(O)CC4=CC(=O)CCC4(C)C3CCC12C. The number of ketones is 1. The lowest BCUT2D eigenvalue weighted by Crippen LogP contribution is -2.55. The van der Waals surface area contributed by atoms with E-state index in [2.05, 4.69) is 20.8 Å². The zero-order chi connectivity index (χ0) is 15.7. The van der Waals surface area contributed by atoms with Crippen molar-refractivity contribution in [2.75, 3.05) is 0 Å². The number of rotatable bonds is 0. The molecule has 0 amide bonds. The van der Waals surface area contributed by atoms with Crippen LogP contribution < -0.4 is 0 Å². The normalized spacial score (nSPS) is 54.3. The molecule has 0 saturated heterocycles. The zero-order valence-corrected chi connectivity index (χ0v) is 14.3. The third-order valence-electron chi connectivity index (χ3n) is 8.46. The Hall–Kier alpha value is -0.630. The lowest BCUT2D eigenvalue weighted by molar-refractivity contribution is -0.122. The van der Waals surface area contributed by atoms with Crippen molar-refractivity contribution in [3.8, 4) is 0 Å². The minimum Gasteiger partial charge on any atom is -0.392 e. The standard InChI is InChI=1S/C20H30O2/c1-12-4-5-15-18-16(7-9-19(12,15)2)20(3)8-6-14(21)10-13(20)11-17(18)22/h10,12,15-18,22H,4-9,11H2,1-3H3. The largest absolute Gasteiger partial charge is 0.392 e. The Morgan fingerprint density at radius 2 is 1.91 bits per heavy atom. The number of hydrogen-bond donors (Lipinski definition) is 1. The summed E-state index contributed by atoms with van der Waals surface area (Å²) in [5, 5.41) is 10.9. The van der Waals surface area contributed by atoms with E-state index in [1.165, 1.54) is 31.3 Å². The summed E-state index contributed by atoms with van der Waals surface area (Å²) in [5.41, 5.74) is 1.86. The number of hydrogen-bond acceptors (Lipinski definition) is 2. The van der Waals surface area contributed by atoms with Crippen molar-refractivity contribution in [1.82, 2.24) is 0 Å². The van der Waals surface area contributed by atoms with E-state index in [1.807, 2.05) is 6.08 Å². The molecule has 2 nitrogen and oxygen atoms in total. The van der Waals surface area contributed by atoms with Gasteiger partial charge in [-0.2, -0.15) is 0 Å². The molecule has 122 valence electrons. The maximum atomic E-state index is 11.8. The summed E-state index contributed by atoms with van der Waals surface area (Å²) in [7, 11) is 0. The molecule has 7 unspecified atom stereocenters. The molecule has 2 heteroatoms. The Bertz CT molecular complexity index is 536. The molecule has 4 rings (SSSR count). The topological polar surface area (TPSA) is 37.3 Å². The van der Waals surface area contributed by atoms with Gasteiger partial charge in [0.2, 0.25) is 0 Å². The van der Waals surface area contributed by atoms with Gasteiger partial charge in [-0.05, 0) is 79.1 Å². The smallest absolute Gasteiger partial charge is 0.155 e. The molecule has 0 radical (unpaired) electrons. The maximum absolute atomic E-state index is 11.8. The highest BCUT2D eigenvalue weighted by atomic mass is 16.3. The van der Waals surface area contributed by atoms with Crippen molar-refractivity contribution in [2.24, 2.45) is 34.5 Å². The summed E-state index contributed by atoms with van der Waals surface area (Å²) < 4.78 is 0. The van der Waals surface area contributed by atoms with Crippen LogP contribution in [-0.2, 0) is 4.79 Å². The lowest BCUT2D eigenvalue weighted by Gasteiger charge is -2.59. The molecular formula is C20H30O2. The van der Waals surface area contributed by atoms with E-state index in [9.17, 15) is 9.90 Å².